The second-order valence-electron chi connectivity index (χ2n) is 7.21. The van der Waals surface area contributed by atoms with E-state index in [-0.39, 0.29) is 17.7 Å². The lowest BCUT2D eigenvalue weighted by Crippen LogP contribution is -2.02. The zero-order chi connectivity index (χ0) is 22.0. The Labute approximate surface area is 182 Å². The minimum Gasteiger partial charge on any atom is -0.488 e. The summed E-state index contributed by atoms with van der Waals surface area (Å²) in [7, 11) is 0. The van der Waals surface area contributed by atoms with E-state index in [4.69, 9.17) is 16.3 Å². The minimum atomic E-state index is -1.02. The number of halogens is 3. The van der Waals surface area contributed by atoms with Gasteiger partial charge < -0.3 is 9.84 Å². The molecule has 1 heterocycles. The molecule has 7 heteroatoms. The van der Waals surface area contributed by atoms with Crippen molar-refractivity contribution in [1.82, 2.24) is 4.98 Å². The Morgan fingerprint density at radius 3 is 2.65 bits per heavy atom. The van der Waals surface area contributed by atoms with Crippen LogP contribution >= 0.6 is 11.6 Å². The molecule has 0 bridgehead atoms. The molecule has 0 saturated heterocycles. The number of aromatic nitrogens is 1. The standard InChI is InChI=1S/C24H18ClF2NO3/c25-16-5-7-23(31-13-15-4-6-17(26)12-21(15)27)20(11-16)18-2-1-3-19(18)22-10-14(24(29)30)8-9-28-22/h4-12H,1-3,13H2,(H,29,30). The summed E-state index contributed by atoms with van der Waals surface area (Å²) in [6, 6.07) is 11.5. The van der Waals surface area contributed by atoms with Gasteiger partial charge in [-0.1, -0.05) is 11.6 Å². The van der Waals surface area contributed by atoms with Gasteiger partial charge in [0.15, 0.2) is 0 Å². The second kappa shape index (κ2) is 8.86. The molecule has 2 aromatic carbocycles. The van der Waals surface area contributed by atoms with Crippen LogP contribution in [0.15, 0.2) is 54.7 Å². The van der Waals surface area contributed by atoms with Crippen LogP contribution in [0.3, 0.4) is 0 Å². The number of pyridine rings is 1. The highest BCUT2D eigenvalue weighted by Crippen LogP contribution is 2.43. The number of carboxylic acids is 1. The highest BCUT2D eigenvalue weighted by Gasteiger charge is 2.22. The van der Waals surface area contributed by atoms with E-state index >= 15 is 0 Å². The van der Waals surface area contributed by atoms with E-state index in [1.165, 1.54) is 24.4 Å². The van der Waals surface area contributed by atoms with E-state index < -0.39 is 17.6 Å². The Hall–Kier alpha value is -3.25. The van der Waals surface area contributed by atoms with Crippen molar-refractivity contribution in [2.75, 3.05) is 0 Å². The lowest BCUT2D eigenvalue weighted by molar-refractivity contribution is 0.0696. The first-order valence-electron chi connectivity index (χ1n) is 9.71. The van der Waals surface area contributed by atoms with E-state index in [1.807, 2.05) is 0 Å². The zero-order valence-electron chi connectivity index (χ0n) is 16.4. The van der Waals surface area contributed by atoms with Crippen molar-refractivity contribution >= 4 is 28.7 Å². The maximum absolute atomic E-state index is 14.0. The van der Waals surface area contributed by atoms with E-state index in [1.54, 1.807) is 24.3 Å². The number of carbonyl (C=O) groups is 1. The van der Waals surface area contributed by atoms with Gasteiger partial charge in [0, 0.05) is 28.4 Å². The van der Waals surface area contributed by atoms with Gasteiger partial charge >= 0.3 is 5.97 Å². The first-order chi connectivity index (χ1) is 14.9. The molecule has 31 heavy (non-hydrogen) atoms. The number of ether oxygens (including phenoxy) is 1. The smallest absolute Gasteiger partial charge is 0.335 e. The van der Waals surface area contributed by atoms with Crippen LogP contribution in [-0.2, 0) is 6.61 Å². The molecule has 0 fully saturated rings. The summed E-state index contributed by atoms with van der Waals surface area (Å²) < 4.78 is 33.0. The van der Waals surface area contributed by atoms with Crippen LogP contribution < -0.4 is 4.74 Å². The lowest BCUT2D eigenvalue weighted by Gasteiger charge is -2.15. The maximum Gasteiger partial charge on any atom is 0.335 e. The fourth-order valence-electron chi connectivity index (χ4n) is 3.71. The average molecular weight is 442 g/mol. The summed E-state index contributed by atoms with van der Waals surface area (Å²) in [6.45, 7) is -0.0733. The molecule has 4 nitrogen and oxygen atoms in total. The molecule has 1 aliphatic carbocycles. The summed E-state index contributed by atoms with van der Waals surface area (Å²) in [4.78, 5) is 15.7. The SMILES string of the molecule is O=C(O)c1ccnc(C2=C(c3cc(Cl)ccc3OCc3ccc(F)cc3F)CCC2)c1. The monoisotopic (exact) mass is 441 g/mol. The van der Waals surface area contributed by atoms with Gasteiger partial charge in [0.05, 0.1) is 11.3 Å². The molecule has 0 spiro atoms. The van der Waals surface area contributed by atoms with Crippen molar-refractivity contribution in [2.45, 2.75) is 25.9 Å². The van der Waals surface area contributed by atoms with Crippen LogP contribution in [-0.4, -0.2) is 16.1 Å². The van der Waals surface area contributed by atoms with E-state index in [9.17, 15) is 18.7 Å². The Kier molecular flexibility index (Phi) is 6.00. The van der Waals surface area contributed by atoms with Crippen LogP contribution in [0.5, 0.6) is 5.75 Å². The summed E-state index contributed by atoms with van der Waals surface area (Å²) in [6.07, 6.45) is 3.84. The quantitative estimate of drug-likeness (QED) is 0.481. The van der Waals surface area contributed by atoms with Crippen LogP contribution in [0.1, 0.15) is 46.4 Å². The Morgan fingerprint density at radius 1 is 1.06 bits per heavy atom. The largest absolute Gasteiger partial charge is 0.488 e. The molecule has 1 aromatic heterocycles. The van der Waals surface area contributed by atoms with E-state index in [2.05, 4.69) is 4.98 Å². The number of benzene rings is 2. The summed E-state index contributed by atoms with van der Waals surface area (Å²) >= 11 is 6.24. The van der Waals surface area contributed by atoms with Gasteiger partial charge in [-0.05, 0) is 72.9 Å². The number of carboxylic acid groups (broad SMARTS) is 1. The van der Waals surface area contributed by atoms with Crippen LogP contribution in [0.4, 0.5) is 8.78 Å². The van der Waals surface area contributed by atoms with Crippen LogP contribution in [0.2, 0.25) is 5.02 Å². The fraction of sp³-hybridized carbons (Fsp3) is 0.167. The molecule has 4 rings (SSSR count). The molecule has 3 aromatic rings. The number of hydrogen-bond acceptors (Lipinski definition) is 3. The molecule has 158 valence electrons. The van der Waals surface area contributed by atoms with Crippen molar-refractivity contribution in [3.05, 3.63) is 93.8 Å². The molecule has 0 atom stereocenters. The van der Waals surface area contributed by atoms with E-state index in [0.717, 1.165) is 42.0 Å². The Balaban J connectivity index is 1.71. The van der Waals surface area contributed by atoms with Gasteiger partial charge in [-0.25, -0.2) is 13.6 Å². The molecular weight excluding hydrogens is 424 g/mol. The second-order valence-corrected chi connectivity index (χ2v) is 7.65. The van der Waals surface area contributed by atoms with Crippen molar-refractivity contribution in [2.24, 2.45) is 0 Å². The van der Waals surface area contributed by atoms with E-state index in [0.29, 0.717) is 16.5 Å². The number of nitrogens with zero attached hydrogens (tertiary/aromatic N) is 1. The van der Waals surface area contributed by atoms with Crippen molar-refractivity contribution in [1.29, 1.82) is 0 Å². The Morgan fingerprint density at radius 2 is 1.87 bits per heavy atom. The first kappa shape index (κ1) is 21.0. The fourth-order valence-corrected chi connectivity index (χ4v) is 3.88. The lowest BCUT2D eigenvalue weighted by atomic mass is 9.98. The third-order valence-electron chi connectivity index (χ3n) is 5.20. The van der Waals surface area contributed by atoms with Crippen LogP contribution in [0.25, 0.3) is 11.1 Å². The van der Waals surface area contributed by atoms with Gasteiger partial charge in [-0.15, -0.1) is 0 Å². The van der Waals surface area contributed by atoms with Crippen LogP contribution in [0, 0.1) is 11.6 Å². The maximum atomic E-state index is 14.0. The molecule has 1 aliphatic rings. The molecule has 0 saturated carbocycles. The van der Waals surface area contributed by atoms with Gasteiger partial charge in [0.25, 0.3) is 0 Å². The normalized spacial score (nSPS) is 13.5. The van der Waals surface area contributed by atoms with Crippen molar-refractivity contribution in [3.8, 4) is 5.75 Å². The summed E-state index contributed by atoms with van der Waals surface area (Å²) in [5.41, 5.74) is 3.65. The predicted octanol–water partition coefficient (Wildman–Crippen LogP) is 6.39. The summed E-state index contributed by atoms with van der Waals surface area (Å²) in [5, 5.41) is 9.81. The third kappa shape index (κ3) is 4.59. The molecule has 0 amide bonds. The molecule has 0 radical (unpaired) electrons. The average Bonchev–Trinajstić information content (AvgIpc) is 3.23. The number of allylic oxidation sites excluding steroid dienone is 2. The minimum absolute atomic E-state index is 0.0733. The number of hydrogen-bond donors (Lipinski definition) is 1. The Bertz CT molecular complexity index is 1190. The summed E-state index contributed by atoms with van der Waals surface area (Å²) in [5.74, 6) is -1.83. The first-order valence-corrected chi connectivity index (χ1v) is 10.1. The van der Waals surface area contributed by atoms with Gasteiger partial charge in [-0.2, -0.15) is 0 Å². The molecule has 1 N–H and O–H groups in total. The van der Waals surface area contributed by atoms with Crippen molar-refractivity contribution < 1.29 is 23.4 Å². The highest BCUT2D eigenvalue weighted by molar-refractivity contribution is 6.30. The number of rotatable bonds is 6. The van der Waals surface area contributed by atoms with Gasteiger partial charge in [0.2, 0.25) is 0 Å². The highest BCUT2D eigenvalue weighted by atomic mass is 35.5. The number of aromatic carboxylic acids is 1. The third-order valence-corrected chi connectivity index (χ3v) is 5.43. The molecule has 0 aliphatic heterocycles. The predicted molar refractivity (Wildman–Crippen MR) is 114 cm³/mol. The van der Waals surface area contributed by atoms with Gasteiger partial charge in [-0.3, -0.25) is 4.98 Å². The zero-order valence-corrected chi connectivity index (χ0v) is 17.1. The molecule has 0 unspecified atom stereocenters. The topological polar surface area (TPSA) is 59.4 Å². The van der Waals surface area contributed by atoms with Crippen molar-refractivity contribution in [3.63, 3.8) is 0 Å². The molecular formula is C24H18ClF2NO3. The van der Waals surface area contributed by atoms with Gasteiger partial charge in [0.1, 0.15) is 24.0 Å².